The third-order valence-electron chi connectivity index (χ3n) is 3.33. The Kier molecular flexibility index (Phi) is 3.85. The quantitative estimate of drug-likeness (QED) is 0.345. The van der Waals surface area contributed by atoms with Gasteiger partial charge in [0.05, 0.1) is 17.1 Å². The van der Waals surface area contributed by atoms with E-state index in [0.717, 1.165) is 11.3 Å². The van der Waals surface area contributed by atoms with Gasteiger partial charge in [0.2, 0.25) is 0 Å². The van der Waals surface area contributed by atoms with Crippen molar-refractivity contribution in [2.24, 2.45) is 10.9 Å². The SMILES string of the molecule is Cc1cc(C)c(/C(N)=N/O)c(N2CCS(=O)(=O)CC2)n1. The summed E-state index contributed by atoms with van der Waals surface area (Å²) in [5, 5.41) is 12.0. The molecule has 0 aliphatic carbocycles. The van der Waals surface area contributed by atoms with Crippen molar-refractivity contribution in [3.05, 3.63) is 22.9 Å². The first-order valence-corrected chi connectivity index (χ1v) is 8.07. The van der Waals surface area contributed by atoms with Crippen LogP contribution in [-0.2, 0) is 9.84 Å². The number of rotatable bonds is 2. The molecule has 1 aromatic rings. The van der Waals surface area contributed by atoms with E-state index in [1.807, 2.05) is 24.8 Å². The third kappa shape index (κ3) is 2.84. The maximum absolute atomic E-state index is 11.5. The van der Waals surface area contributed by atoms with Gasteiger partial charge in [0, 0.05) is 18.8 Å². The van der Waals surface area contributed by atoms with Gasteiger partial charge in [-0.1, -0.05) is 5.16 Å². The van der Waals surface area contributed by atoms with E-state index in [1.54, 1.807) is 0 Å². The minimum atomic E-state index is -2.96. The van der Waals surface area contributed by atoms with Crippen LogP contribution < -0.4 is 10.6 Å². The average molecular weight is 298 g/mol. The maximum Gasteiger partial charge on any atom is 0.174 e. The largest absolute Gasteiger partial charge is 0.409 e. The molecule has 1 aliphatic heterocycles. The minimum Gasteiger partial charge on any atom is -0.409 e. The second-order valence-electron chi connectivity index (χ2n) is 4.90. The van der Waals surface area contributed by atoms with Crippen molar-refractivity contribution in [2.75, 3.05) is 29.5 Å². The van der Waals surface area contributed by atoms with Crippen LogP contribution in [-0.4, -0.2) is 49.0 Å². The number of hydrogen-bond acceptors (Lipinski definition) is 6. The summed E-state index contributed by atoms with van der Waals surface area (Å²) in [5.74, 6) is 0.750. The zero-order chi connectivity index (χ0) is 14.9. The van der Waals surface area contributed by atoms with Crippen LogP contribution in [0.1, 0.15) is 16.8 Å². The van der Waals surface area contributed by atoms with E-state index in [-0.39, 0.29) is 17.3 Å². The fraction of sp³-hybridized carbons (Fsp3) is 0.500. The highest BCUT2D eigenvalue weighted by Gasteiger charge is 2.26. The van der Waals surface area contributed by atoms with E-state index >= 15 is 0 Å². The number of hydrogen-bond donors (Lipinski definition) is 2. The van der Waals surface area contributed by atoms with Crippen molar-refractivity contribution >= 4 is 21.5 Å². The van der Waals surface area contributed by atoms with Crippen LogP contribution in [0.25, 0.3) is 0 Å². The number of anilines is 1. The first kappa shape index (κ1) is 14.6. The topological polar surface area (TPSA) is 109 Å². The molecule has 0 aromatic carbocycles. The summed E-state index contributed by atoms with van der Waals surface area (Å²) in [7, 11) is -2.96. The lowest BCUT2D eigenvalue weighted by Gasteiger charge is -2.30. The van der Waals surface area contributed by atoms with Crippen LogP contribution in [0, 0.1) is 13.8 Å². The summed E-state index contributed by atoms with van der Waals surface area (Å²) in [6, 6.07) is 1.84. The highest BCUT2D eigenvalue weighted by atomic mass is 32.2. The molecule has 0 spiro atoms. The molecule has 1 fully saturated rings. The second-order valence-corrected chi connectivity index (χ2v) is 7.21. The molecule has 7 nitrogen and oxygen atoms in total. The summed E-state index contributed by atoms with van der Waals surface area (Å²) >= 11 is 0. The van der Waals surface area contributed by atoms with Crippen molar-refractivity contribution in [2.45, 2.75) is 13.8 Å². The summed E-state index contributed by atoms with van der Waals surface area (Å²) in [6.45, 7) is 4.44. The van der Waals surface area contributed by atoms with Gasteiger partial charge in [0.15, 0.2) is 15.7 Å². The number of pyridine rings is 1. The predicted molar refractivity (Wildman–Crippen MR) is 77.1 cm³/mol. The van der Waals surface area contributed by atoms with Gasteiger partial charge in [-0.2, -0.15) is 0 Å². The molecular formula is C12H18N4O3S. The maximum atomic E-state index is 11.5. The van der Waals surface area contributed by atoms with Crippen molar-refractivity contribution in [3.63, 3.8) is 0 Å². The molecule has 1 aliphatic rings. The van der Waals surface area contributed by atoms with E-state index in [4.69, 9.17) is 10.9 Å². The van der Waals surface area contributed by atoms with Crippen molar-refractivity contribution in [1.29, 1.82) is 0 Å². The molecule has 0 atom stereocenters. The van der Waals surface area contributed by atoms with E-state index in [9.17, 15) is 8.42 Å². The third-order valence-corrected chi connectivity index (χ3v) is 4.94. The van der Waals surface area contributed by atoms with Crippen LogP contribution >= 0.6 is 0 Å². The molecule has 0 radical (unpaired) electrons. The number of nitrogens with two attached hydrogens (primary N) is 1. The molecule has 2 rings (SSSR count). The number of sulfone groups is 1. The molecule has 0 amide bonds. The van der Waals surface area contributed by atoms with Gasteiger partial charge in [-0.15, -0.1) is 0 Å². The van der Waals surface area contributed by atoms with Crippen LogP contribution in [0.2, 0.25) is 0 Å². The fourth-order valence-electron chi connectivity index (χ4n) is 2.34. The first-order valence-electron chi connectivity index (χ1n) is 6.25. The Bertz CT molecular complexity index is 641. The Hall–Kier alpha value is -1.83. The van der Waals surface area contributed by atoms with Crippen LogP contribution in [0.15, 0.2) is 11.2 Å². The van der Waals surface area contributed by atoms with Gasteiger partial charge >= 0.3 is 0 Å². The van der Waals surface area contributed by atoms with Gasteiger partial charge in [0.25, 0.3) is 0 Å². The Morgan fingerprint density at radius 1 is 1.40 bits per heavy atom. The van der Waals surface area contributed by atoms with Gasteiger partial charge in [-0.05, 0) is 25.5 Å². The lowest BCUT2D eigenvalue weighted by Crippen LogP contribution is -2.42. The number of aryl methyl sites for hydroxylation is 2. The van der Waals surface area contributed by atoms with E-state index in [0.29, 0.717) is 24.5 Å². The summed E-state index contributed by atoms with van der Waals surface area (Å²) in [5.41, 5.74) is 7.92. The molecule has 0 bridgehead atoms. The summed E-state index contributed by atoms with van der Waals surface area (Å²) in [6.07, 6.45) is 0. The zero-order valence-electron chi connectivity index (χ0n) is 11.5. The Balaban J connectivity index is 2.46. The van der Waals surface area contributed by atoms with Crippen LogP contribution in [0.4, 0.5) is 5.82 Å². The number of nitrogens with zero attached hydrogens (tertiary/aromatic N) is 3. The van der Waals surface area contributed by atoms with E-state index in [2.05, 4.69) is 10.1 Å². The molecule has 1 aromatic heterocycles. The van der Waals surface area contributed by atoms with Crippen LogP contribution in [0.3, 0.4) is 0 Å². The van der Waals surface area contributed by atoms with Crippen molar-refractivity contribution in [1.82, 2.24) is 4.98 Å². The predicted octanol–water partition coefficient (Wildman–Crippen LogP) is 0.0277. The Morgan fingerprint density at radius 3 is 2.55 bits per heavy atom. The fourth-order valence-corrected chi connectivity index (χ4v) is 3.54. The number of amidine groups is 1. The highest BCUT2D eigenvalue weighted by molar-refractivity contribution is 7.91. The molecule has 8 heteroatoms. The van der Waals surface area contributed by atoms with E-state index < -0.39 is 9.84 Å². The Labute approximate surface area is 118 Å². The standard InChI is InChI=1S/C12H18N4O3S/c1-8-7-9(2)14-12(10(8)11(13)15-17)16-3-5-20(18,19)6-4-16/h7,17H,3-6H2,1-2H3,(H2,13,15). The lowest BCUT2D eigenvalue weighted by atomic mass is 10.1. The molecule has 0 saturated carbocycles. The van der Waals surface area contributed by atoms with Gasteiger partial charge in [-0.3, -0.25) is 0 Å². The van der Waals surface area contributed by atoms with Crippen molar-refractivity contribution < 1.29 is 13.6 Å². The summed E-state index contributed by atoms with van der Waals surface area (Å²) in [4.78, 5) is 6.30. The molecule has 3 N–H and O–H groups in total. The summed E-state index contributed by atoms with van der Waals surface area (Å²) < 4.78 is 23.0. The normalized spacial score (nSPS) is 19.1. The second kappa shape index (κ2) is 5.28. The molecule has 0 unspecified atom stereocenters. The van der Waals surface area contributed by atoms with Crippen molar-refractivity contribution in [3.8, 4) is 0 Å². The van der Waals surface area contributed by atoms with Gasteiger partial charge < -0.3 is 15.8 Å². The number of oxime groups is 1. The molecule has 1 saturated heterocycles. The van der Waals surface area contributed by atoms with Crippen LogP contribution in [0.5, 0.6) is 0 Å². The minimum absolute atomic E-state index is 0.0153. The van der Waals surface area contributed by atoms with Gasteiger partial charge in [-0.25, -0.2) is 13.4 Å². The molecule has 20 heavy (non-hydrogen) atoms. The molecule has 110 valence electrons. The smallest absolute Gasteiger partial charge is 0.174 e. The highest BCUT2D eigenvalue weighted by Crippen LogP contribution is 2.24. The lowest BCUT2D eigenvalue weighted by molar-refractivity contribution is 0.318. The monoisotopic (exact) mass is 298 g/mol. The average Bonchev–Trinajstić information content (AvgIpc) is 2.37. The zero-order valence-corrected chi connectivity index (χ0v) is 12.3. The Morgan fingerprint density at radius 2 is 2.00 bits per heavy atom. The first-order chi connectivity index (χ1) is 9.34. The van der Waals surface area contributed by atoms with Gasteiger partial charge in [0.1, 0.15) is 5.82 Å². The molecular weight excluding hydrogens is 280 g/mol. The van der Waals surface area contributed by atoms with E-state index in [1.165, 1.54) is 0 Å². The number of aromatic nitrogens is 1. The molecule has 2 heterocycles.